The van der Waals surface area contributed by atoms with E-state index in [2.05, 4.69) is 10.3 Å². The van der Waals surface area contributed by atoms with Crippen molar-refractivity contribution in [3.05, 3.63) is 24.5 Å². The molecular formula is C12H17N3O. The quantitative estimate of drug-likeness (QED) is 0.808. The first kappa shape index (κ1) is 11.1. The molecule has 0 spiro atoms. The van der Waals surface area contributed by atoms with Crippen LogP contribution in [-0.2, 0) is 4.79 Å². The highest BCUT2D eigenvalue weighted by atomic mass is 16.2. The Balaban J connectivity index is 2.04. The summed E-state index contributed by atoms with van der Waals surface area (Å²) in [4.78, 5) is 17.8. The summed E-state index contributed by atoms with van der Waals surface area (Å²) in [6.45, 7) is 1.83. The van der Waals surface area contributed by atoms with Gasteiger partial charge in [0.15, 0.2) is 0 Å². The Morgan fingerprint density at radius 2 is 2.25 bits per heavy atom. The van der Waals surface area contributed by atoms with Gasteiger partial charge in [0.2, 0.25) is 5.91 Å². The van der Waals surface area contributed by atoms with Gasteiger partial charge in [-0.15, -0.1) is 0 Å². The van der Waals surface area contributed by atoms with Crippen LogP contribution in [0.25, 0.3) is 0 Å². The summed E-state index contributed by atoms with van der Waals surface area (Å²) in [7, 11) is 1.83. The number of anilines is 1. The van der Waals surface area contributed by atoms with Gasteiger partial charge in [-0.1, -0.05) is 0 Å². The fourth-order valence-corrected chi connectivity index (χ4v) is 2.03. The molecule has 2 heterocycles. The molecule has 0 aromatic carbocycles. The topological polar surface area (TPSA) is 45.2 Å². The zero-order valence-corrected chi connectivity index (χ0v) is 9.52. The second-order valence-corrected chi connectivity index (χ2v) is 4.15. The zero-order valence-electron chi connectivity index (χ0n) is 9.52. The SMILES string of the molecule is CN(C(=O)C1CCCNC1)c1ccncc1. The van der Waals surface area contributed by atoms with E-state index in [1.165, 1.54) is 0 Å². The van der Waals surface area contributed by atoms with Gasteiger partial charge in [-0.05, 0) is 31.5 Å². The fraction of sp³-hybridized carbons (Fsp3) is 0.500. The molecule has 1 N–H and O–H groups in total. The molecule has 1 aromatic heterocycles. The molecule has 1 aliphatic rings. The van der Waals surface area contributed by atoms with Crippen LogP contribution in [0.3, 0.4) is 0 Å². The summed E-state index contributed by atoms with van der Waals surface area (Å²) in [5.41, 5.74) is 0.908. The first-order valence-electron chi connectivity index (χ1n) is 5.67. The van der Waals surface area contributed by atoms with Gasteiger partial charge in [-0.25, -0.2) is 0 Å². The van der Waals surface area contributed by atoms with Gasteiger partial charge in [0, 0.05) is 31.7 Å². The number of carbonyl (C=O) groups is 1. The van der Waals surface area contributed by atoms with Gasteiger partial charge in [0.1, 0.15) is 0 Å². The lowest BCUT2D eigenvalue weighted by Gasteiger charge is -2.26. The molecule has 4 nitrogen and oxygen atoms in total. The molecule has 0 saturated carbocycles. The number of piperidine rings is 1. The van der Waals surface area contributed by atoms with Crippen molar-refractivity contribution in [3.63, 3.8) is 0 Å². The van der Waals surface area contributed by atoms with Gasteiger partial charge in [0.05, 0.1) is 5.92 Å². The van der Waals surface area contributed by atoms with Gasteiger partial charge in [0.25, 0.3) is 0 Å². The van der Waals surface area contributed by atoms with Crippen LogP contribution in [0.15, 0.2) is 24.5 Å². The Morgan fingerprint density at radius 1 is 1.50 bits per heavy atom. The van der Waals surface area contributed by atoms with Crippen LogP contribution in [0.2, 0.25) is 0 Å². The lowest BCUT2D eigenvalue weighted by Crippen LogP contribution is -2.41. The molecule has 1 atom stereocenters. The Bertz CT molecular complexity index is 347. The third-order valence-electron chi connectivity index (χ3n) is 3.03. The maximum atomic E-state index is 12.2. The van der Waals surface area contributed by atoms with Crippen LogP contribution >= 0.6 is 0 Å². The summed E-state index contributed by atoms with van der Waals surface area (Å²) in [5.74, 6) is 0.310. The second-order valence-electron chi connectivity index (χ2n) is 4.15. The first-order valence-corrected chi connectivity index (χ1v) is 5.67. The summed E-state index contributed by atoms with van der Waals surface area (Å²) < 4.78 is 0. The van der Waals surface area contributed by atoms with Crippen LogP contribution in [-0.4, -0.2) is 31.0 Å². The van der Waals surface area contributed by atoms with Gasteiger partial charge >= 0.3 is 0 Å². The Morgan fingerprint density at radius 3 is 2.88 bits per heavy atom. The van der Waals surface area contributed by atoms with Gasteiger partial charge in [-0.2, -0.15) is 0 Å². The first-order chi connectivity index (χ1) is 7.79. The highest BCUT2D eigenvalue weighted by Gasteiger charge is 2.24. The van der Waals surface area contributed by atoms with E-state index >= 15 is 0 Å². The normalized spacial score (nSPS) is 20.4. The molecule has 0 radical (unpaired) electrons. The van der Waals surface area contributed by atoms with E-state index < -0.39 is 0 Å². The maximum Gasteiger partial charge on any atom is 0.231 e. The molecule has 1 fully saturated rings. The van der Waals surface area contributed by atoms with Crippen molar-refractivity contribution in [2.24, 2.45) is 5.92 Å². The molecule has 1 unspecified atom stereocenters. The monoisotopic (exact) mass is 219 g/mol. The number of hydrogen-bond acceptors (Lipinski definition) is 3. The number of carbonyl (C=O) groups excluding carboxylic acids is 1. The predicted octanol–water partition coefficient (Wildman–Crippen LogP) is 1.04. The van der Waals surface area contributed by atoms with Crippen molar-refractivity contribution < 1.29 is 4.79 Å². The highest BCUT2D eigenvalue weighted by Crippen LogP contribution is 2.17. The number of hydrogen-bond donors (Lipinski definition) is 1. The van der Waals surface area contributed by atoms with Crippen molar-refractivity contribution in [2.75, 3.05) is 25.0 Å². The number of nitrogens with zero attached hydrogens (tertiary/aromatic N) is 2. The van der Waals surface area contributed by atoms with Crippen LogP contribution in [0.1, 0.15) is 12.8 Å². The van der Waals surface area contributed by atoms with E-state index in [0.717, 1.165) is 31.6 Å². The Hall–Kier alpha value is -1.42. The fourth-order valence-electron chi connectivity index (χ4n) is 2.03. The molecule has 1 aromatic rings. The molecule has 86 valence electrons. The minimum Gasteiger partial charge on any atom is -0.316 e. The summed E-state index contributed by atoms with van der Waals surface area (Å²) in [6, 6.07) is 3.71. The van der Waals surface area contributed by atoms with E-state index in [1.807, 2.05) is 19.2 Å². The molecule has 16 heavy (non-hydrogen) atoms. The van der Waals surface area contributed by atoms with E-state index in [0.29, 0.717) is 0 Å². The summed E-state index contributed by atoms with van der Waals surface area (Å²) >= 11 is 0. The summed E-state index contributed by atoms with van der Waals surface area (Å²) in [6.07, 6.45) is 5.48. The van der Waals surface area contributed by atoms with Gasteiger partial charge in [-0.3, -0.25) is 9.78 Å². The maximum absolute atomic E-state index is 12.2. The van der Waals surface area contributed by atoms with Crippen molar-refractivity contribution in [2.45, 2.75) is 12.8 Å². The molecule has 0 bridgehead atoms. The van der Waals surface area contributed by atoms with Crippen molar-refractivity contribution in [3.8, 4) is 0 Å². The largest absolute Gasteiger partial charge is 0.316 e. The zero-order chi connectivity index (χ0) is 11.4. The lowest BCUT2D eigenvalue weighted by atomic mass is 9.98. The Labute approximate surface area is 95.7 Å². The number of aromatic nitrogens is 1. The average molecular weight is 219 g/mol. The molecule has 0 aliphatic carbocycles. The van der Waals surface area contributed by atoms with E-state index in [1.54, 1.807) is 17.3 Å². The van der Waals surface area contributed by atoms with Crippen LogP contribution < -0.4 is 10.2 Å². The van der Waals surface area contributed by atoms with Gasteiger partial charge < -0.3 is 10.2 Å². The lowest BCUT2D eigenvalue weighted by molar-refractivity contribution is -0.122. The smallest absolute Gasteiger partial charge is 0.231 e. The third-order valence-corrected chi connectivity index (χ3v) is 3.03. The van der Waals surface area contributed by atoms with E-state index in [4.69, 9.17) is 0 Å². The molecule has 4 heteroatoms. The highest BCUT2D eigenvalue weighted by molar-refractivity contribution is 5.94. The standard InChI is InChI=1S/C12H17N3O/c1-15(11-4-7-13-8-5-11)12(16)10-3-2-6-14-9-10/h4-5,7-8,10,14H,2-3,6,9H2,1H3. The molecule has 2 rings (SSSR count). The van der Waals surface area contributed by atoms with Crippen LogP contribution in [0.4, 0.5) is 5.69 Å². The average Bonchev–Trinajstić information content (AvgIpc) is 2.39. The number of rotatable bonds is 2. The van der Waals surface area contributed by atoms with Crippen LogP contribution in [0, 0.1) is 5.92 Å². The third kappa shape index (κ3) is 2.39. The summed E-state index contributed by atoms with van der Waals surface area (Å²) in [5, 5.41) is 3.26. The molecule has 1 saturated heterocycles. The van der Waals surface area contributed by atoms with E-state index in [-0.39, 0.29) is 11.8 Å². The van der Waals surface area contributed by atoms with Crippen molar-refractivity contribution in [1.82, 2.24) is 10.3 Å². The predicted molar refractivity (Wildman–Crippen MR) is 63.2 cm³/mol. The molecule has 1 amide bonds. The van der Waals surface area contributed by atoms with Crippen LogP contribution in [0.5, 0.6) is 0 Å². The number of pyridine rings is 1. The minimum absolute atomic E-state index is 0.118. The minimum atomic E-state index is 0.118. The number of amides is 1. The van der Waals surface area contributed by atoms with Crippen molar-refractivity contribution >= 4 is 11.6 Å². The Kier molecular flexibility index (Phi) is 3.51. The van der Waals surface area contributed by atoms with Crippen molar-refractivity contribution in [1.29, 1.82) is 0 Å². The van der Waals surface area contributed by atoms with E-state index in [9.17, 15) is 4.79 Å². The molecular weight excluding hydrogens is 202 g/mol. The second kappa shape index (κ2) is 5.07. The molecule has 1 aliphatic heterocycles. The number of nitrogens with one attached hydrogen (secondary N) is 1.